The third-order valence-corrected chi connectivity index (χ3v) is 2.59. The summed E-state index contributed by atoms with van der Waals surface area (Å²) in [6.07, 6.45) is 4.49. The second-order valence-corrected chi connectivity index (χ2v) is 3.80. The van der Waals surface area contributed by atoms with Gasteiger partial charge in [-0.05, 0) is 25.3 Å². The summed E-state index contributed by atoms with van der Waals surface area (Å²) in [5, 5.41) is 13.8. The fourth-order valence-electron chi connectivity index (χ4n) is 1.46. The zero-order chi connectivity index (χ0) is 8.77. The molecule has 1 aromatic rings. The molecule has 1 saturated carbocycles. The van der Waals surface area contributed by atoms with E-state index in [0.717, 1.165) is 25.0 Å². The van der Waals surface area contributed by atoms with Crippen molar-refractivity contribution in [2.24, 2.45) is 7.05 Å². The molecule has 0 radical (unpaired) electrons. The quantitative estimate of drug-likeness (QED) is 0.705. The maximum Gasteiger partial charge on any atom is 0.0705 e. The summed E-state index contributed by atoms with van der Waals surface area (Å²) < 4.78 is 1.85. The first-order valence-corrected chi connectivity index (χ1v) is 4.31. The second kappa shape index (κ2) is 2.33. The Hall–Kier alpha value is -0.830. The first-order valence-electron chi connectivity index (χ1n) is 4.31. The van der Waals surface area contributed by atoms with Crippen LogP contribution in [0, 0.1) is 6.92 Å². The third-order valence-electron chi connectivity index (χ3n) is 2.59. The van der Waals surface area contributed by atoms with Crippen LogP contribution in [0.5, 0.6) is 0 Å². The van der Waals surface area contributed by atoms with Crippen molar-refractivity contribution < 1.29 is 5.11 Å². The van der Waals surface area contributed by atoms with E-state index in [0.29, 0.717) is 0 Å². The highest BCUT2D eigenvalue weighted by Crippen LogP contribution is 2.38. The minimum absolute atomic E-state index is 0.404. The molecule has 66 valence electrons. The Morgan fingerprint density at radius 3 is 2.75 bits per heavy atom. The molecular weight excluding hydrogens is 152 g/mol. The van der Waals surface area contributed by atoms with E-state index >= 15 is 0 Å². The lowest BCUT2D eigenvalue weighted by Crippen LogP contribution is -2.14. The van der Waals surface area contributed by atoms with Crippen LogP contribution < -0.4 is 0 Å². The standard InChI is InChI=1S/C9H14N2O/c1-7-6-10-11(2)8(7)5-9(12)3-4-9/h6,12H,3-5H2,1-2H3. The van der Waals surface area contributed by atoms with Crippen molar-refractivity contribution in [3.8, 4) is 0 Å². The largest absolute Gasteiger partial charge is 0.389 e. The molecule has 0 saturated heterocycles. The molecule has 0 amide bonds. The maximum absolute atomic E-state index is 9.71. The van der Waals surface area contributed by atoms with Crippen LogP contribution in [0.2, 0.25) is 0 Å². The first kappa shape index (κ1) is 7.80. The summed E-state index contributed by atoms with van der Waals surface area (Å²) in [6, 6.07) is 0. The lowest BCUT2D eigenvalue weighted by molar-refractivity contribution is 0.148. The highest BCUT2D eigenvalue weighted by Gasteiger charge is 2.41. The molecule has 1 fully saturated rings. The summed E-state index contributed by atoms with van der Waals surface area (Å²) in [4.78, 5) is 0. The van der Waals surface area contributed by atoms with Gasteiger partial charge in [0.25, 0.3) is 0 Å². The van der Waals surface area contributed by atoms with Crippen molar-refractivity contribution >= 4 is 0 Å². The Balaban J connectivity index is 2.21. The highest BCUT2D eigenvalue weighted by molar-refractivity contribution is 5.19. The second-order valence-electron chi connectivity index (χ2n) is 3.80. The minimum Gasteiger partial charge on any atom is -0.389 e. The van der Waals surface area contributed by atoms with Gasteiger partial charge in [-0.2, -0.15) is 5.10 Å². The van der Waals surface area contributed by atoms with Gasteiger partial charge in [0.1, 0.15) is 0 Å². The molecule has 1 heterocycles. The van der Waals surface area contributed by atoms with E-state index in [2.05, 4.69) is 5.10 Å². The molecule has 1 aliphatic carbocycles. The van der Waals surface area contributed by atoms with Gasteiger partial charge in [-0.25, -0.2) is 0 Å². The number of aryl methyl sites for hydroxylation is 2. The van der Waals surface area contributed by atoms with Crippen molar-refractivity contribution in [1.82, 2.24) is 9.78 Å². The van der Waals surface area contributed by atoms with E-state index in [-0.39, 0.29) is 0 Å². The summed E-state index contributed by atoms with van der Waals surface area (Å²) in [6.45, 7) is 2.04. The Labute approximate surface area is 72.0 Å². The summed E-state index contributed by atoms with van der Waals surface area (Å²) >= 11 is 0. The van der Waals surface area contributed by atoms with Crippen LogP contribution in [0.1, 0.15) is 24.1 Å². The zero-order valence-electron chi connectivity index (χ0n) is 7.54. The highest BCUT2D eigenvalue weighted by atomic mass is 16.3. The van der Waals surface area contributed by atoms with Crippen LogP contribution in [0.3, 0.4) is 0 Å². The van der Waals surface area contributed by atoms with Crippen LogP contribution >= 0.6 is 0 Å². The summed E-state index contributed by atoms with van der Waals surface area (Å²) in [5.41, 5.74) is 1.94. The van der Waals surface area contributed by atoms with Gasteiger partial charge in [-0.1, -0.05) is 0 Å². The van der Waals surface area contributed by atoms with Crippen LogP contribution in [0.4, 0.5) is 0 Å². The van der Waals surface area contributed by atoms with Crippen LogP contribution in [0.25, 0.3) is 0 Å². The SMILES string of the molecule is Cc1cnn(C)c1CC1(O)CC1. The molecule has 0 unspecified atom stereocenters. The molecule has 2 rings (SSSR count). The molecule has 12 heavy (non-hydrogen) atoms. The van der Waals surface area contributed by atoms with Crippen molar-refractivity contribution in [1.29, 1.82) is 0 Å². The predicted octanol–water partition coefficient (Wildman–Crippen LogP) is 0.796. The van der Waals surface area contributed by atoms with Crippen molar-refractivity contribution in [3.05, 3.63) is 17.5 Å². The number of rotatable bonds is 2. The van der Waals surface area contributed by atoms with Gasteiger partial charge < -0.3 is 5.11 Å². The van der Waals surface area contributed by atoms with Gasteiger partial charge in [0, 0.05) is 19.2 Å². The number of aromatic nitrogens is 2. The van der Waals surface area contributed by atoms with Crippen LogP contribution in [-0.2, 0) is 13.5 Å². The lowest BCUT2D eigenvalue weighted by Gasteiger charge is -2.08. The van der Waals surface area contributed by atoms with E-state index in [9.17, 15) is 5.11 Å². The molecule has 1 aliphatic rings. The molecule has 0 bridgehead atoms. The van der Waals surface area contributed by atoms with Gasteiger partial charge >= 0.3 is 0 Å². The van der Waals surface area contributed by atoms with E-state index in [4.69, 9.17) is 0 Å². The first-order chi connectivity index (χ1) is 5.61. The van der Waals surface area contributed by atoms with Crippen molar-refractivity contribution in [3.63, 3.8) is 0 Å². The minimum atomic E-state index is -0.404. The normalized spacial score (nSPS) is 19.6. The van der Waals surface area contributed by atoms with E-state index < -0.39 is 5.60 Å². The van der Waals surface area contributed by atoms with Gasteiger partial charge in [0.15, 0.2) is 0 Å². The molecule has 0 spiro atoms. The van der Waals surface area contributed by atoms with Crippen LogP contribution in [-0.4, -0.2) is 20.5 Å². The molecule has 0 atom stereocenters. The summed E-state index contributed by atoms with van der Waals surface area (Å²) in [7, 11) is 1.92. The Morgan fingerprint density at radius 2 is 2.33 bits per heavy atom. The van der Waals surface area contributed by atoms with Gasteiger partial charge in [-0.15, -0.1) is 0 Å². The Morgan fingerprint density at radius 1 is 1.67 bits per heavy atom. The summed E-state index contributed by atoms with van der Waals surface area (Å²) in [5.74, 6) is 0. The molecule has 0 aliphatic heterocycles. The average Bonchev–Trinajstić information content (AvgIpc) is 2.67. The fraction of sp³-hybridized carbons (Fsp3) is 0.667. The topological polar surface area (TPSA) is 38.0 Å². The molecule has 0 aromatic carbocycles. The zero-order valence-corrected chi connectivity index (χ0v) is 7.54. The molecule has 1 aromatic heterocycles. The van der Waals surface area contributed by atoms with E-state index in [1.165, 1.54) is 5.56 Å². The van der Waals surface area contributed by atoms with Gasteiger partial charge in [-0.3, -0.25) is 4.68 Å². The monoisotopic (exact) mass is 166 g/mol. The molecule has 3 heteroatoms. The number of hydrogen-bond donors (Lipinski definition) is 1. The number of nitrogens with zero attached hydrogens (tertiary/aromatic N) is 2. The number of aliphatic hydroxyl groups is 1. The molecule has 1 N–H and O–H groups in total. The fourth-order valence-corrected chi connectivity index (χ4v) is 1.46. The average molecular weight is 166 g/mol. The smallest absolute Gasteiger partial charge is 0.0705 e. The Kier molecular flexibility index (Phi) is 1.51. The van der Waals surface area contributed by atoms with Gasteiger partial charge in [0.05, 0.1) is 11.8 Å². The molecular formula is C9H14N2O. The van der Waals surface area contributed by atoms with Gasteiger partial charge in [0.2, 0.25) is 0 Å². The maximum atomic E-state index is 9.71. The lowest BCUT2D eigenvalue weighted by atomic mass is 10.1. The molecule has 3 nitrogen and oxygen atoms in total. The van der Waals surface area contributed by atoms with E-state index in [1.54, 1.807) is 0 Å². The van der Waals surface area contributed by atoms with Crippen molar-refractivity contribution in [2.75, 3.05) is 0 Å². The third kappa shape index (κ3) is 1.25. The Bertz CT molecular complexity index is 280. The van der Waals surface area contributed by atoms with E-state index in [1.807, 2.05) is 24.9 Å². The number of hydrogen-bond acceptors (Lipinski definition) is 2. The predicted molar refractivity (Wildman–Crippen MR) is 45.8 cm³/mol. The van der Waals surface area contributed by atoms with Crippen molar-refractivity contribution in [2.45, 2.75) is 31.8 Å². The van der Waals surface area contributed by atoms with Crippen LogP contribution in [0.15, 0.2) is 6.20 Å².